The lowest BCUT2D eigenvalue weighted by Gasteiger charge is -2.21. The molecule has 0 spiro atoms. The van der Waals surface area contributed by atoms with Gasteiger partial charge in [0.1, 0.15) is 6.33 Å². The molecule has 5 nitrogen and oxygen atoms in total. The summed E-state index contributed by atoms with van der Waals surface area (Å²) >= 11 is 0. The Morgan fingerprint density at radius 1 is 1.13 bits per heavy atom. The van der Waals surface area contributed by atoms with Crippen molar-refractivity contribution in [2.24, 2.45) is 0 Å². The van der Waals surface area contributed by atoms with Crippen LogP contribution in [-0.4, -0.2) is 23.9 Å². The third-order valence-corrected chi connectivity index (χ3v) is 5.39. The molecule has 6 heteroatoms. The van der Waals surface area contributed by atoms with E-state index >= 15 is 0 Å². The van der Waals surface area contributed by atoms with E-state index in [0.717, 1.165) is 18.5 Å². The first-order chi connectivity index (χ1) is 10.8. The van der Waals surface area contributed by atoms with E-state index in [2.05, 4.69) is 14.7 Å². The SMILES string of the molecule is CC(C)(C)NS(=O)(=O)c1ccccc1-c1cc(C2CC2)ncn1. The van der Waals surface area contributed by atoms with Gasteiger partial charge in [0.25, 0.3) is 0 Å². The molecule has 1 heterocycles. The summed E-state index contributed by atoms with van der Waals surface area (Å²) in [6, 6.07) is 8.86. The summed E-state index contributed by atoms with van der Waals surface area (Å²) in [5.74, 6) is 0.494. The zero-order valence-corrected chi connectivity index (χ0v) is 14.4. The molecule has 0 unspecified atom stereocenters. The average molecular weight is 331 g/mol. The van der Waals surface area contributed by atoms with Gasteiger partial charge in [-0.15, -0.1) is 0 Å². The van der Waals surface area contributed by atoms with E-state index in [1.807, 2.05) is 32.9 Å². The van der Waals surface area contributed by atoms with Crippen molar-refractivity contribution in [2.45, 2.75) is 50.0 Å². The van der Waals surface area contributed by atoms with Crippen molar-refractivity contribution >= 4 is 10.0 Å². The van der Waals surface area contributed by atoms with Crippen molar-refractivity contribution < 1.29 is 8.42 Å². The monoisotopic (exact) mass is 331 g/mol. The first kappa shape index (κ1) is 16.1. The van der Waals surface area contributed by atoms with Crippen LogP contribution in [0, 0.1) is 0 Å². The summed E-state index contributed by atoms with van der Waals surface area (Å²) in [6.07, 6.45) is 3.80. The van der Waals surface area contributed by atoms with Gasteiger partial charge in [0.15, 0.2) is 0 Å². The standard InChI is InChI=1S/C17H21N3O2S/c1-17(2,3)20-23(21,22)16-7-5-4-6-13(16)15-10-14(12-8-9-12)18-11-19-15/h4-7,10-12,20H,8-9H2,1-3H3. The summed E-state index contributed by atoms with van der Waals surface area (Å²) in [6.45, 7) is 5.47. The molecule has 1 saturated carbocycles. The maximum Gasteiger partial charge on any atom is 0.241 e. The van der Waals surface area contributed by atoms with Gasteiger partial charge in [-0.3, -0.25) is 0 Å². The second-order valence-corrected chi connectivity index (χ2v) is 8.60. The van der Waals surface area contributed by atoms with Gasteiger partial charge < -0.3 is 0 Å². The molecular weight excluding hydrogens is 310 g/mol. The molecule has 0 aliphatic heterocycles. The minimum absolute atomic E-state index is 0.246. The zero-order valence-electron chi connectivity index (χ0n) is 13.6. The normalized spacial score (nSPS) is 15.6. The third-order valence-electron chi connectivity index (χ3n) is 3.58. The summed E-state index contributed by atoms with van der Waals surface area (Å²) in [4.78, 5) is 8.83. The molecule has 1 aromatic heterocycles. The first-order valence-corrected chi connectivity index (χ1v) is 9.20. The average Bonchev–Trinajstić information content (AvgIpc) is 3.30. The Hall–Kier alpha value is -1.79. The Labute approximate surface area is 137 Å². The third kappa shape index (κ3) is 3.76. The number of nitrogens with zero attached hydrogens (tertiary/aromatic N) is 2. The van der Waals surface area contributed by atoms with E-state index < -0.39 is 15.6 Å². The van der Waals surface area contributed by atoms with Gasteiger partial charge >= 0.3 is 0 Å². The van der Waals surface area contributed by atoms with E-state index in [4.69, 9.17) is 0 Å². The fourth-order valence-corrected chi connectivity index (χ4v) is 4.13. The molecule has 0 saturated heterocycles. The highest BCUT2D eigenvalue weighted by atomic mass is 32.2. The van der Waals surface area contributed by atoms with E-state index in [9.17, 15) is 8.42 Å². The molecular formula is C17H21N3O2S. The van der Waals surface area contributed by atoms with E-state index in [1.54, 1.807) is 18.2 Å². The second kappa shape index (κ2) is 5.69. The number of aromatic nitrogens is 2. The zero-order chi connectivity index (χ0) is 16.7. The van der Waals surface area contributed by atoms with Crippen LogP contribution in [0.5, 0.6) is 0 Å². The van der Waals surface area contributed by atoms with Crippen LogP contribution >= 0.6 is 0 Å². The highest BCUT2D eigenvalue weighted by molar-refractivity contribution is 7.89. The molecule has 1 N–H and O–H groups in total. The van der Waals surface area contributed by atoms with Gasteiger partial charge in [-0.05, 0) is 45.7 Å². The van der Waals surface area contributed by atoms with Crippen LogP contribution in [0.1, 0.15) is 45.2 Å². The molecule has 122 valence electrons. The Balaban J connectivity index is 2.06. The molecule has 23 heavy (non-hydrogen) atoms. The van der Waals surface area contributed by atoms with Crippen LogP contribution in [0.25, 0.3) is 11.3 Å². The topological polar surface area (TPSA) is 72.0 Å². The molecule has 1 fully saturated rings. The van der Waals surface area contributed by atoms with Crippen molar-refractivity contribution in [3.05, 3.63) is 42.4 Å². The maximum absolute atomic E-state index is 12.7. The van der Waals surface area contributed by atoms with Crippen LogP contribution in [0.4, 0.5) is 0 Å². The van der Waals surface area contributed by atoms with Crippen LogP contribution in [-0.2, 0) is 10.0 Å². The van der Waals surface area contributed by atoms with Crippen molar-refractivity contribution in [3.63, 3.8) is 0 Å². The minimum atomic E-state index is -3.62. The molecule has 2 aromatic rings. The molecule has 1 aliphatic rings. The molecule has 3 rings (SSSR count). The lowest BCUT2D eigenvalue weighted by atomic mass is 10.1. The smallest absolute Gasteiger partial charge is 0.241 e. The number of sulfonamides is 1. The second-order valence-electron chi connectivity index (χ2n) is 6.95. The largest absolute Gasteiger partial charge is 0.241 e. The Kier molecular flexibility index (Phi) is 3.98. The Morgan fingerprint density at radius 3 is 2.48 bits per heavy atom. The lowest BCUT2D eigenvalue weighted by molar-refractivity contribution is 0.491. The molecule has 0 bridgehead atoms. The van der Waals surface area contributed by atoms with Gasteiger partial charge in [0, 0.05) is 22.7 Å². The van der Waals surface area contributed by atoms with Gasteiger partial charge in [0.2, 0.25) is 10.0 Å². The Morgan fingerprint density at radius 2 is 1.83 bits per heavy atom. The van der Waals surface area contributed by atoms with Crippen molar-refractivity contribution in [1.29, 1.82) is 0 Å². The predicted octanol–water partition coefficient (Wildman–Crippen LogP) is 3.10. The van der Waals surface area contributed by atoms with Gasteiger partial charge in [-0.1, -0.05) is 18.2 Å². The summed E-state index contributed by atoms with van der Waals surface area (Å²) < 4.78 is 28.1. The Bertz CT molecular complexity index is 822. The van der Waals surface area contributed by atoms with Crippen LogP contribution < -0.4 is 4.72 Å². The highest BCUT2D eigenvalue weighted by Gasteiger charge is 2.27. The highest BCUT2D eigenvalue weighted by Crippen LogP contribution is 2.40. The molecule has 0 atom stereocenters. The van der Waals surface area contributed by atoms with Crippen molar-refractivity contribution in [3.8, 4) is 11.3 Å². The fraction of sp³-hybridized carbons (Fsp3) is 0.412. The van der Waals surface area contributed by atoms with Crippen LogP contribution in [0.3, 0.4) is 0 Å². The fourth-order valence-electron chi connectivity index (χ4n) is 2.49. The van der Waals surface area contributed by atoms with E-state index in [1.165, 1.54) is 6.33 Å². The van der Waals surface area contributed by atoms with E-state index in [-0.39, 0.29) is 4.90 Å². The lowest BCUT2D eigenvalue weighted by Crippen LogP contribution is -2.40. The van der Waals surface area contributed by atoms with Crippen LogP contribution in [0.2, 0.25) is 0 Å². The van der Waals surface area contributed by atoms with Gasteiger partial charge in [-0.25, -0.2) is 23.1 Å². The molecule has 0 amide bonds. The van der Waals surface area contributed by atoms with Gasteiger partial charge in [0.05, 0.1) is 10.6 Å². The molecule has 0 radical (unpaired) electrons. The number of hydrogen-bond acceptors (Lipinski definition) is 4. The van der Waals surface area contributed by atoms with Crippen molar-refractivity contribution in [2.75, 3.05) is 0 Å². The summed E-state index contributed by atoms with van der Waals surface area (Å²) in [5, 5.41) is 0. The number of benzene rings is 1. The number of rotatable bonds is 4. The summed E-state index contributed by atoms with van der Waals surface area (Å²) in [7, 11) is -3.62. The minimum Gasteiger partial charge on any atom is -0.241 e. The quantitative estimate of drug-likeness (QED) is 0.934. The van der Waals surface area contributed by atoms with Crippen LogP contribution in [0.15, 0.2) is 41.6 Å². The predicted molar refractivity (Wildman–Crippen MR) is 89.5 cm³/mol. The van der Waals surface area contributed by atoms with E-state index in [0.29, 0.717) is 17.2 Å². The first-order valence-electron chi connectivity index (χ1n) is 7.72. The van der Waals surface area contributed by atoms with Gasteiger partial charge in [-0.2, -0.15) is 0 Å². The maximum atomic E-state index is 12.7. The number of hydrogen-bond donors (Lipinski definition) is 1. The van der Waals surface area contributed by atoms with Crippen molar-refractivity contribution in [1.82, 2.24) is 14.7 Å². The summed E-state index contributed by atoms with van der Waals surface area (Å²) in [5.41, 5.74) is 1.70. The molecule has 1 aliphatic carbocycles. The molecule has 1 aromatic carbocycles. The number of nitrogens with one attached hydrogen (secondary N) is 1.